The Morgan fingerprint density at radius 1 is 1.29 bits per heavy atom. The van der Waals surface area contributed by atoms with Crippen molar-refractivity contribution in [2.75, 3.05) is 11.5 Å². The highest BCUT2D eigenvalue weighted by Crippen LogP contribution is 2.27. The van der Waals surface area contributed by atoms with Crippen LogP contribution in [0.5, 0.6) is 0 Å². The maximum absolute atomic E-state index is 12.1. The minimum absolute atomic E-state index is 0.00616. The predicted octanol–water partition coefficient (Wildman–Crippen LogP) is 4.01. The summed E-state index contributed by atoms with van der Waals surface area (Å²) in [4.78, 5) is 12.1. The van der Waals surface area contributed by atoms with Gasteiger partial charge in [0.05, 0.1) is 5.92 Å². The van der Waals surface area contributed by atoms with Gasteiger partial charge in [-0.2, -0.15) is 11.8 Å². The van der Waals surface area contributed by atoms with Crippen molar-refractivity contribution in [3.05, 3.63) is 0 Å². The molecule has 21 heavy (non-hydrogen) atoms. The fourth-order valence-corrected chi connectivity index (χ4v) is 3.58. The van der Waals surface area contributed by atoms with Gasteiger partial charge < -0.3 is 10.1 Å². The molecule has 0 aromatic heterocycles. The van der Waals surface area contributed by atoms with Gasteiger partial charge in [0.1, 0.15) is 5.60 Å². The second-order valence-electron chi connectivity index (χ2n) is 7.14. The summed E-state index contributed by atoms with van der Waals surface area (Å²) in [5.41, 5.74) is -0.363. The standard InChI is InChI=1S/C17H33NO2S/c1-6-21-12-11-13(2)18-15-9-7-14(8-10-15)16(19)20-17(3,4)5/h13-15,18H,6-12H2,1-5H3/t13-,14?,15?/m1/s1. The molecule has 1 rings (SSSR count). The van der Waals surface area contributed by atoms with Gasteiger partial charge in [-0.25, -0.2) is 0 Å². The minimum atomic E-state index is -0.363. The lowest BCUT2D eigenvalue weighted by Gasteiger charge is -2.31. The van der Waals surface area contributed by atoms with Gasteiger partial charge in [-0.1, -0.05) is 6.92 Å². The molecule has 0 bridgehead atoms. The van der Waals surface area contributed by atoms with Crippen molar-refractivity contribution in [2.24, 2.45) is 5.92 Å². The van der Waals surface area contributed by atoms with Gasteiger partial charge in [0.2, 0.25) is 0 Å². The van der Waals surface area contributed by atoms with E-state index in [0.717, 1.165) is 25.7 Å². The van der Waals surface area contributed by atoms with E-state index in [9.17, 15) is 4.79 Å². The molecule has 0 amide bonds. The molecule has 1 saturated carbocycles. The van der Waals surface area contributed by atoms with Crippen molar-refractivity contribution in [1.29, 1.82) is 0 Å². The maximum atomic E-state index is 12.1. The maximum Gasteiger partial charge on any atom is 0.309 e. The van der Waals surface area contributed by atoms with E-state index in [-0.39, 0.29) is 17.5 Å². The van der Waals surface area contributed by atoms with E-state index in [1.807, 2.05) is 32.5 Å². The highest BCUT2D eigenvalue weighted by molar-refractivity contribution is 7.99. The van der Waals surface area contributed by atoms with Crippen LogP contribution in [0.25, 0.3) is 0 Å². The molecule has 0 aromatic carbocycles. The number of thioether (sulfide) groups is 1. The number of carbonyl (C=O) groups is 1. The number of carbonyl (C=O) groups excluding carboxylic acids is 1. The second kappa shape index (κ2) is 9.04. The van der Waals surface area contributed by atoms with Crippen LogP contribution in [0.15, 0.2) is 0 Å². The van der Waals surface area contributed by atoms with Gasteiger partial charge in [0.25, 0.3) is 0 Å². The predicted molar refractivity (Wildman–Crippen MR) is 91.8 cm³/mol. The average molecular weight is 316 g/mol. The fraction of sp³-hybridized carbons (Fsp3) is 0.941. The first kappa shape index (κ1) is 18.8. The molecule has 1 fully saturated rings. The molecule has 0 unspecified atom stereocenters. The normalized spacial score (nSPS) is 24.6. The third-order valence-corrected chi connectivity index (χ3v) is 4.82. The molecule has 0 saturated heterocycles. The third-order valence-electron chi connectivity index (χ3n) is 3.89. The van der Waals surface area contributed by atoms with Gasteiger partial charge in [-0.3, -0.25) is 4.79 Å². The van der Waals surface area contributed by atoms with Crippen molar-refractivity contribution >= 4 is 17.7 Å². The van der Waals surface area contributed by atoms with Crippen LogP contribution in [0.4, 0.5) is 0 Å². The molecule has 1 aliphatic rings. The van der Waals surface area contributed by atoms with Gasteiger partial charge in [0.15, 0.2) is 0 Å². The highest BCUT2D eigenvalue weighted by Gasteiger charge is 2.30. The van der Waals surface area contributed by atoms with Crippen LogP contribution >= 0.6 is 11.8 Å². The first-order chi connectivity index (χ1) is 9.81. The number of hydrogen-bond acceptors (Lipinski definition) is 4. The number of rotatable bonds is 7. The summed E-state index contributed by atoms with van der Waals surface area (Å²) in [7, 11) is 0. The Hall–Kier alpha value is -0.220. The summed E-state index contributed by atoms with van der Waals surface area (Å²) in [6.45, 7) is 10.3. The van der Waals surface area contributed by atoms with Crippen LogP contribution in [-0.2, 0) is 9.53 Å². The van der Waals surface area contributed by atoms with Crippen LogP contribution in [0.1, 0.15) is 66.7 Å². The monoisotopic (exact) mass is 315 g/mol. The smallest absolute Gasteiger partial charge is 0.309 e. The van der Waals surface area contributed by atoms with E-state index < -0.39 is 0 Å². The Morgan fingerprint density at radius 3 is 2.43 bits per heavy atom. The summed E-state index contributed by atoms with van der Waals surface area (Å²) in [6, 6.07) is 1.15. The molecular formula is C17H33NO2S. The van der Waals surface area contributed by atoms with Crippen LogP contribution in [-0.4, -0.2) is 35.2 Å². The molecule has 0 aliphatic heterocycles. The summed E-state index contributed by atoms with van der Waals surface area (Å²) in [6.07, 6.45) is 5.33. The van der Waals surface area contributed by atoms with E-state index >= 15 is 0 Å². The third kappa shape index (κ3) is 8.10. The Kier molecular flexibility index (Phi) is 8.10. The number of hydrogen-bond donors (Lipinski definition) is 1. The van der Waals surface area contributed by atoms with E-state index in [4.69, 9.17) is 4.74 Å². The largest absolute Gasteiger partial charge is 0.460 e. The molecule has 124 valence electrons. The quantitative estimate of drug-likeness (QED) is 0.569. The van der Waals surface area contributed by atoms with Gasteiger partial charge in [0, 0.05) is 12.1 Å². The first-order valence-electron chi connectivity index (χ1n) is 8.38. The summed E-state index contributed by atoms with van der Waals surface area (Å²) in [5, 5.41) is 3.72. The number of nitrogens with one attached hydrogen (secondary N) is 1. The molecule has 0 radical (unpaired) electrons. The molecule has 3 nitrogen and oxygen atoms in total. The second-order valence-corrected chi connectivity index (χ2v) is 8.53. The summed E-state index contributed by atoms with van der Waals surface area (Å²) in [5.74, 6) is 2.53. The van der Waals surface area contributed by atoms with E-state index in [0.29, 0.717) is 12.1 Å². The molecule has 0 heterocycles. The van der Waals surface area contributed by atoms with Crippen LogP contribution in [0.2, 0.25) is 0 Å². The first-order valence-corrected chi connectivity index (χ1v) is 9.54. The van der Waals surface area contributed by atoms with E-state index in [1.165, 1.54) is 17.9 Å². The SMILES string of the molecule is CCSCC[C@@H](C)NC1CCC(C(=O)OC(C)(C)C)CC1. The van der Waals surface area contributed by atoms with Gasteiger partial charge >= 0.3 is 5.97 Å². The zero-order valence-corrected chi connectivity index (χ0v) is 15.2. The molecule has 1 N–H and O–H groups in total. The van der Waals surface area contributed by atoms with Crippen LogP contribution in [0.3, 0.4) is 0 Å². The van der Waals surface area contributed by atoms with E-state index in [1.54, 1.807) is 0 Å². The van der Waals surface area contributed by atoms with Crippen molar-refractivity contribution in [1.82, 2.24) is 5.32 Å². The Bertz CT molecular complexity index is 306. The van der Waals surface area contributed by atoms with Crippen LogP contribution < -0.4 is 5.32 Å². The molecular weight excluding hydrogens is 282 g/mol. The number of esters is 1. The molecule has 0 spiro atoms. The fourth-order valence-electron chi connectivity index (χ4n) is 2.77. The molecule has 1 atom stereocenters. The lowest BCUT2D eigenvalue weighted by atomic mass is 9.85. The van der Waals surface area contributed by atoms with Gasteiger partial charge in [-0.05, 0) is 71.3 Å². The lowest BCUT2D eigenvalue weighted by Crippen LogP contribution is -2.41. The van der Waals surface area contributed by atoms with Gasteiger partial charge in [-0.15, -0.1) is 0 Å². The topological polar surface area (TPSA) is 38.3 Å². The average Bonchev–Trinajstić information content (AvgIpc) is 2.38. The van der Waals surface area contributed by atoms with Crippen molar-refractivity contribution in [3.63, 3.8) is 0 Å². The van der Waals surface area contributed by atoms with E-state index in [2.05, 4.69) is 19.2 Å². The highest BCUT2D eigenvalue weighted by atomic mass is 32.2. The molecule has 1 aliphatic carbocycles. The summed E-state index contributed by atoms with van der Waals surface area (Å²) >= 11 is 2.01. The summed E-state index contributed by atoms with van der Waals surface area (Å²) < 4.78 is 5.50. The van der Waals surface area contributed by atoms with Crippen LogP contribution in [0, 0.1) is 5.92 Å². The Morgan fingerprint density at radius 2 is 1.90 bits per heavy atom. The lowest BCUT2D eigenvalue weighted by molar-refractivity contribution is -0.161. The minimum Gasteiger partial charge on any atom is -0.460 e. The zero-order valence-electron chi connectivity index (χ0n) is 14.4. The molecule has 4 heteroatoms. The van der Waals surface area contributed by atoms with Crippen molar-refractivity contribution in [3.8, 4) is 0 Å². The van der Waals surface area contributed by atoms with Crippen molar-refractivity contribution in [2.45, 2.75) is 84.4 Å². The Labute approximate surface area is 135 Å². The Balaban J connectivity index is 2.24. The van der Waals surface area contributed by atoms with Crippen molar-refractivity contribution < 1.29 is 9.53 Å². The number of ether oxygens (including phenoxy) is 1. The zero-order chi connectivity index (χ0) is 15.9. The molecule has 0 aromatic rings.